The van der Waals surface area contributed by atoms with Gasteiger partial charge in [-0.2, -0.15) is 0 Å². The molecule has 3 aromatic rings. The first-order valence-electron chi connectivity index (χ1n) is 8.31. The summed E-state index contributed by atoms with van der Waals surface area (Å²) >= 11 is 0. The van der Waals surface area contributed by atoms with Gasteiger partial charge < -0.3 is 8.94 Å². The van der Waals surface area contributed by atoms with E-state index in [-0.39, 0.29) is 11.1 Å². The Kier molecular flexibility index (Phi) is 4.77. The lowest BCUT2D eigenvalue weighted by atomic mass is 10.0. The van der Waals surface area contributed by atoms with Gasteiger partial charge in [0.05, 0.1) is 5.69 Å². The lowest BCUT2D eigenvalue weighted by Gasteiger charge is -2.16. The molecule has 2 heterocycles. The number of benzene rings is 1. The van der Waals surface area contributed by atoms with E-state index in [1.165, 1.54) is 6.07 Å². The van der Waals surface area contributed by atoms with Gasteiger partial charge in [0.15, 0.2) is 5.76 Å². The van der Waals surface area contributed by atoms with Crippen molar-refractivity contribution in [1.29, 1.82) is 0 Å². The number of nitrogens with zero attached hydrogens (tertiary/aromatic N) is 1. The molecule has 0 bridgehead atoms. The van der Waals surface area contributed by atoms with Crippen molar-refractivity contribution in [2.75, 3.05) is 0 Å². The number of hydrogen-bond acceptors (Lipinski definition) is 5. The lowest BCUT2D eigenvalue weighted by molar-refractivity contribution is 0.396. The predicted octanol–water partition coefficient (Wildman–Crippen LogP) is 4.21. The highest BCUT2D eigenvalue weighted by atomic mass is 32.2. The molecule has 1 unspecified atom stereocenters. The second-order valence-electron chi connectivity index (χ2n) is 6.54. The van der Waals surface area contributed by atoms with Crippen LogP contribution in [0.2, 0.25) is 0 Å². The normalized spacial score (nSPS) is 13.1. The van der Waals surface area contributed by atoms with Crippen molar-refractivity contribution in [3.05, 3.63) is 58.3 Å². The third-order valence-corrected chi connectivity index (χ3v) is 5.87. The molecule has 0 radical (unpaired) electrons. The Morgan fingerprint density at radius 2 is 1.81 bits per heavy atom. The minimum absolute atomic E-state index is 0.155. The van der Waals surface area contributed by atoms with Gasteiger partial charge in [0, 0.05) is 11.6 Å². The molecule has 3 rings (SSSR count). The molecule has 26 heavy (non-hydrogen) atoms. The predicted molar refractivity (Wildman–Crippen MR) is 98.3 cm³/mol. The summed E-state index contributed by atoms with van der Waals surface area (Å²) in [5.41, 5.74) is 4.59. The summed E-state index contributed by atoms with van der Waals surface area (Å²) in [5.74, 6) is 0.773. The summed E-state index contributed by atoms with van der Waals surface area (Å²) in [5, 5.41) is 3.72. The van der Waals surface area contributed by atoms with E-state index in [1.807, 2.05) is 52.8 Å². The molecule has 6 nitrogen and oxygen atoms in total. The van der Waals surface area contributed by atoms with Crippen LogP contribution in [0.25, 0.3) is 11.5 Å². The Morgan fingerprint density at radius 3 is 2.46 bits per heavy atom. The number of nitrogens with one attached hydrogen (secondary N) is 1. The zero-order chi connectivity index (χ0) is 19.1. The fourth-order valence-electron chi connectivity index (χ4n) is 2.81. The van der Waals surface area contributed by atoms with Crippen LogP contribution in [0.5, 0.6) is 0 Å². The second-order valence-corrected chi connectivity index (χ2v) is 8.19. The summed E-state index contributed by atoms with van der Waals surface area (Å²) in [7, 11) is -3.81. The first kappa shape index (κ1) is 18.4. The number of hydrogen-bond donors (Lipinski definition) is 1. The smallest absolute Gasteiger partial charge is 0.274 e. The largest absolute Gasteiger partial charge is 0.440 e. The molecule has 0 aliphatic rings. The first-order chi connectivity index (χ1) is 12.2. The van der Waals surface area contributed by atoms with Gasteiger partial charge in [-0.1, -0.05) is 28.9 Å². The van der Waals surface area contributed by atoms with Gasteiger partial charge in [-0.3, -0.25) is 0 Å². The number of aryl methyl sites for hydroxylation is 3. The summed E-state index contributed by atoms with van der Waals surface area (Å²) in [6, 6.07) is 8.57. The number of aromatic nitrogens is 1. The van der Waals surface area contributed by atoms with Crippen molar-refractivity contribution in [2.45, 2.75) is 45.8 Å². The molecule has 0 spiro atoms. The molecule has 7 heteroatoms. The Balaban J connectivity index is 1.87. The SMILES string of the molecule is Cc1ccc(C)c(C(C)NS(=O)(=O)c2ccc(-c3onc(C)c3C)o2)c1. The summed E-state index contributed by atoms with van der Waals surface area (Å²) in [6.45, 7) is 9.41. The average molecular weight is 374 g/mol. The highest BCUT2D eigenvalue weighted by Crippen LogP contribution is 2.29. The molecule has 0 saturated heterocycles. The number of sulfonamides is 1. The van der Waals surface area contributed by atoms with Crippen molar-refractivity contribution in [3.63, 3.8) is 0 Å². The Labute approximate surface area is 153 Å². The quantitative estimate of drug-likeness (QED) is 0.723. The van der Waals surface area contributed by atoms with E-state index in [9.17, 15) is 8.42 Å². The van der Waals surface area contributed by atoms with Crippen LogP contribution in [-0.4, -0.2) is 13.6 Å². The van der Waals surface area contributed by atoms with E-state index < -0.39 is 10.0 Å². The van der Waals surface area contributed by atoms with Crippen LogP contribution in [0.1, 0.15) is 40.9 Å². The molecule has 138 valence electrons. The molecular weight excluding hydrogens is 352 g/mol. The highest BCUT2D eigenvalue weighted by molar-refractivity contribution is 7.89. The van der Waals surface area contributed by atoms with Crippen molar-refractivity contribution < 1.29 is 17.4 Å². The fraction of sp³-hybridized carbons (Fsp3) is 0.316. The summed E-state index contributed by atoms with van der Waals surface area (Å²) < 4.78 is 38.8. The van der Waals surface area contributed by atoms with E-state index in [1.54, 1.807) is 6.07 Å². The molecule has 0 fully saturated rings. The van der Waals surface area contributed by atoms with Crippen molar-refractivity contribution in [3.8, 4) is 11.5 Å². The monoisotopic (exact) mass is 374 g/mol. The molecule has 1 N–H and O–H groups in total. The minimum Gasteiger partial charge on any atom is -0.440 e. The zero-order valence-electron chi connectivity index (χ0n) is 15.5. The van der Waals surface area contributed by atoms with Crippen molar-refractivity contribution >= 4 is 10.0 Å². The van der Waals surface area contributed by atoms with Crippen molar-refractivity contribution in [1.82, 2.24) is 9.88 Å². The fourth-order valence-corrected chi connectivity index (χ4v) is 3.97. The lowest BCUT2D eigenvalue weighted by Crippen LogP contribution is -2.27. The Bertz CT molecular complexity index is 1050. The van der Waals surface area contributed by atoms with Crippen LogP contribution in [0.3, 0.4) is 0 Å². The maximum absolute atomic E-state index is 12.7. The first-order valence-corrected chi connectivity index (χ1v) is 9.80. The maximum atomic E-state index is 12.7. The molecule has 1 atom stereocenters. The van der Waals surface area contributed by atoms with E-state index in [2.05, 4.69) is 9.88 Å². The van der Waals surface area contributed by atoms with Gasteiger partial charge in [-0.05, 0) is 57.9 Å². The van der Waals surface area contributed by atoms with E-state index in [0.29, 0.717) is 11.5 Å². The second kappa shape index (κ2) is 6.74. The Hall–Kier alpha value is -2.38. The summed E-state index contributed by atoms with van der Waals surface area (Å²) in [4.78, 5) is 0. The minimum atomic E-state index is -3.81. The van der Waals surface area contributed by atoms with Gasteiger partial charge in [0.1, 0.15) is 0 Å². The zero-order valence-corrected chi connectivity index (χ0v) is 16.3. The molecule has 0 aliphatic heterocycles. The van der Waals surface area contributed by atoms with E-state index in [0.717, 1.165) is 27.9 Å². The van der Waals surface area contributed by atoms with E-state index in [4.69, 9.17) is 8.94 Å². The number of furan rings is 1. The molecule has 0 aliphatic carbocycles. The van der Waals surface area contributed by atoms with Crippen molar-refractivity contribution in [2.24, 2.45) is 0 Å². The summed E-state index contributed by atoms with van der Waals surface area (Å²) in [6.07, 6.45) is 0. The highest BCUT2D eigenvalue weighted by Gasteiger charge is 2.24. The standard InChI is InChI=1S/C19H22N2O4S/c1-11-6-7-12(2)16(10-11)15(5)21-26(22,23)18-9-8-17(24-18)19-13(3)14(4)20-25-19/h6-10,15,21H,1-5H3. The molecule has 0 amide bonds. The van der Waals surface area contributed by atoms with Crippen LogP contribution < -0.4 is 4.72 Å². The third kappa shape index (κ3) is 3.45. The molecule has 2 aromatic heterocycles. The van der Waals surface area contributed by atoms with E-state index >= 15 is 0 Å². The van der Waals surface area contributed by atoms with Gasteiger partial charge >= 0.3 is 0 Å². The van der Waals surface area contributed by atoms with Gasteiger partial charge in [0.2, 0.25) is 10.9 Å². The van der Waals surface area contributed by atoms with Gasteiger partial charge in [-0.25, -0.2) is 13.1 Å². The topological polar surface area (TPSA) is 85.3 Å². The van der Waals surface area contributed by atoms with Crippen LogP contribution in [0.15, 0.2) is 44.4 Å². The van der Waals surface area contributed by atoms with Crippen LogP contribution in [0.4, 0.5) is 0 Å². The van der Waals surface area contributed by atoms with Gasteiger partial charge in [0.25, 0.3) is 10.0 Å². The average Bonchev–Trinajstić information content (AvgIpc) is 3.18. The maximum Gasteiger partial charge on any atom is 0.274 e. The Morgan fingerprint density at radius 1 is 1.08 bits per heavy atom. The molecular formula is C19H22N2O4S. The third-order valence-electron chi connectivity index (χ3n) is 4.46. The number of rotatable bonds is 5. The van der Waals surface area contributed by atoms with Gasteiger partial charge in [-0.15, -0.1) is 0 Å². The van der Waals surface area contributed by atoms with Crippen LogP contribution in [0, 0.1) is 27.7 Å². The molecule has 1 aromatic carbocycles. The van der Waals surface area contributed by atoms with Crippen LogP contribution >= 0.6 is 0 Å². The van der Waals surface area contributed by atoms with Crippen LogP contribution in [-0.2, 0) is 10.0 Å². The molecule has 0 saturated carbocycles.